The minimum Gasteiger partial charge on any atom is -0.362 e. The summed E-state index contributed by atoms with van der Waals surface area (Å²) in [5, 5.41) is 8.59. The Labute approximate surface area is 151 Å². The average molecular weight is 381 g/mol. The first kappa shape index (κ1) is 17.6. The van der Waals surface area contributed by atoms with Crippen LogP contribution >= 0.6 is 0 Å². The van der Waals surface area contributed by atoms with E-state index in [4.69, 9.17) is 5.21 Å². The number of piperazine rings is 1. The molecule has 2 saturated heterocycles. The number of fused-ring (bicyclic) bond motifs is 1. The third-order valence-corrected chi connectivity index (χ3v) is 5.15. The van der Waals surface area contributed by atoms with Crippen molar-refractivity contribution in [3.63, 3.8) is 0 Å². The van der Waals surface area contributed by atoms with E-state index in [1.165, 1.54) is 23.7 Å². The summed E-state index contributed by atoms with van der Waals surface area (Å²) in [6.45, 7) is 1.08. The van der Waals surface area contributed by atoms with Crippen LogP contribution in [0.2, 0.25) is 0 Å². The first-order valence-electron chi connectivity index (χ1n) is 8.24. The number of rotatable bonds is 3. The Balaban J connectivity index is 1.46. The zero-order valence-corrected chi connectivity index (χ0v) is 13.9. The van der Waals surface area contributed by atoms with Crippen LogP contribution in [-0.4, -0.2) is 36.3 Å². The Morgan fingerprint density at radius 2 is 1.67 bits per heavy atom. The Kier molecular flexibility index (Phi) is 3.99. The van der Waals surface area contributed by atoms with Gasteiger partial charge in [-0.05, 0) is 36.4 Å². The highest BCUT2D eigenvalue weighted by atomic mass is 19.4. The van der Waals surface area contributed by atoms with E-state index in [0.717, 1.165) is 12.1 Å². The number of alkyl halides is 3. The lowest BCUT2D eigenvalue weighted by molar-refractivity contribution is -0.137. The van der Waals surface area contributed by atoms with E-state index >= 15 is 0 Å². The quantitative estimate of drug-likeness (QED) is 0.488. The van der Waals surface area contributed by atoms with Crippen LogP contribution in [0.15, 0.2) is 42.5 Å². The molecule has 2 heterocycles. The number of benzene rings is 2. The summed E-state index contributed by atoms with van der Waals surface area (Å²) < 4.78 is 52.6. The molecule has 0 saturated carbocycles. The van der Waals surface area contributed by atoms with Crippen LogP contribution in [0.3, 0.4) is 0 Å². The molecule has 0 radical (unpaired) electrons. The van der Waals surface area contributed by atoms with Gasteiger partial charge >= 0.3 is 6.18 Å². The smallest absolute Gasteiger partial charge is 0.362 e. The second kappa shape index (κ2) is 6.12. The van der Waals surface area contributed by atoms with Crippen LogP contribution in [0.25, 0.3) is 0 Å². The van der Waals surface area contributed by atoms with E-state index in [0.29, 0.717) is 24.5 Å². The molecule has 27 heavy (non-hydrogen) atoms. The number of carbonyl (C=O) groups excluding carboxylic acids is 1. The zero-order chi connectivity index (χ0) is 19.3. The third-order valence-electron chi connectivity index (χ3n) is 5.15. The normalized spacial score (nSPS) is 21.2. The van der Waals surface area contributed by atoms with Crippen LogP contribution < -0.4 is 15.3 Å². The lowest BCUT2D eigenvalue weighted by Gasteiger charge is -2.63. The molecule has 2 atom stereocenters. The minimum atomic E-state index is -4.38. The van der Waals surface area contributed by atoms with Crippen LogP contribution in [0.4, 0.5) is 28.9 Å². The Bertz CT molecular complexity index is 902. The van der Waals surface area contributed by atoms with Crippen molar-refractivity contribution in [2.75, 3.05) is 22.9 Å². The molecule has 0 aliphatic carbocycles. The standard InChI is InChI=1S/C18H15F4N3O2/c19-14-7-12(4-5-13(14)17(26)23-27)25-9-15-16(25)8-24(15)11-3-1-2-10(6-11)18(20,21)22/h1-7,15-16,27H,8-9H2,(H,23,26)/t15-,16?/m1/s1. The van der Waals surface area contributed by atoms with Crippen molar-refractivity contribution in [1.29, 1.82) is 0 Å². The van der Waals surface area contributed by atoms with Crippen molar-refractivity contribution < 1.29 is 27.6 Å². The van der Waals surface area contributed by atoms with Crippen molar-refractivity contribution in [3.8, 4) is 0 Å². The van der Waals surface area contributed by atoms with E-state index in [1.54, 1.807) is 12.1 Å². The van der Waals surface area contributed by atoms with Gasteiger partial charge in [0.15, 0.2) is 0 Å². The lowest BCUT2D eigenvalue weighted by atomic mass is 9.84. The number of carbonyl (C=O) groups is 1. The van der Waals surface area contributed by atoms with Crippen LogP contribution in [-0.2, 0) is 6.18 Å². The summed E-state index contributed by atoms with van der Waals surface area (Å²) >= 11 is 0. The van der Waals surface area contributed by atoms with Gasteiger partial charge in [0.25, 0.3) is 5.91 Å². The molecule has 142 valence electrons. The molecular weight excluding hydrogens is 366 g/mol. The van der Waals surface area contributed by atoms with E-state index < -0.39 is 23.5 Å². The van der Waals surface area contributed by atoms with Gasteiger partial charge in [0.05, 0.1) is 23.2 Å². The van der Waals surface area contributed by atoms with Crippen LogP contribution in [0.5, 0.6) is 0 Å². The average Bonchev–Trinajstić information content (AvgIpc) is 2.62. The van der Waals surface area contributed by atoms with E-state index in [9.17, 15) is 22.4 Å². The first-order chi connectivity index (χ1) is 12.8. The number of hydroxylamine groups is 1. The molecule has 2 N–H and O–H groups in total. The molecule has 0 aromatic heterocycles. The Hall–Kier alpha value is -2.81. The molecule has 2 fully saturated rings. The van der Waals surface area contributed by atoms with Gasteiger partial charge in [0.2, 0.25) is 0 Å². The van der Waals surface area contributed by atoms with Crippen molar-refractivity contribution in [2.24, 2.45) is 0 Å². The number of amides is 1. The molecule has 0 bridgehead atoms. The molecule has 5 nitrogen and oxygen atoms in total. The van der Waals surface area contributed by atoms with E-state index in [2.05, 4.69) is 0 Å². The number of hydrogen-bond donors (Lipinski definition) is 2. The molecule has 2 aromatic rings. The van der Waals surface area contributed by atoms with Gasteiger partial charge in [-0.25, -0.2) is 9.87 Å². The SMILES string of the molecule is O=C(NO)c1ccc(N2C[C@@H]3C2CN3c2cccc(C(F)(F)F)c2)cc1F. The molecule has 1 amide bonds. The van der Waals surface area contributed by atoms with Crippen LogP contribution in [0.1, 0.15) is 15.9 Å². The number of nitrogens with one attached hydrogen (secondary N) is 1. The van der Waals surface area contributed by atoms with Gasteiger partial charge < -0.3 is 9.80 Å². The molecule has 9 heteroatoms. The van der Waals surface area contributed by atoms with E-state index in [1.807, 2.05) is 9.80 Å². The predicted molar refractivity (Wildman–Crippen MR) is 89.4 cm³/mol. The van der Waals surface area contributed by atoms with Gasteiger partial charge in [-0.2, -0.15) is 13.2 Å². The van der Waals surface area contributed by atoms with Crippen molar-refractivity contribution in [2.45, 2.75) is 18.3 Å². The van der Waals surface area contributed by atoms with Gasteiger partial charge in [0, 0.05) is 24.5 Å². The van der Waals surface area contributed by atoms with Crippen LogP contribution in [0, 0.1) is 5.82 Å². The zero-order valence-electron chi connectivity index (χ0n) is 13.9. The van der Waals surface area contributed by atoms with Crippen molar-refractivity contribution in [1.82, 2.24) is 5.48 Å². The fraction of sp³-hybridized carbons (Fsp3) is 0.278. The van der Waals surface area contributed by atoms with Gasteiger partial charge in [0.1, 0.15) is 5.82 Å². The lowest BCUT2D eigenvalue weighted by Crippen LogP contribution is -2.79. The monoisotopic (exact) mass is 381 g/mol. The summed E-state index contributed by atoms with van der Waals surface area (Å²) in [7, 11) is 0. The number of hydrogen-bond acceptors (Lipinski definition) is 4. The third kappa shape index (κ3) is 2.87. The van der Waals surface area contributed by atoms with Gasteiger partial charge in [-0.1, -0.05) is 6.07 Å². The highest BCUT2D eigenvalue weighted by molar-refractivity contribution is 5.94. The molecule has 2 aliphatic heterocycles. The fourth-order valence-corrected chi connectivity index (χ4v) is 3.64. The molecule has 4 rings (SSSR count). The highest BCUT2D eigenvalue weighted by Gasteiger charge is 2.52. The van der Waals surface area contributed by atoms with Gasteiger partial charge in [-0.3, -0.25) is 10.0 Å². The maximum absolute atomic E-state index is 14.0. The molecule has 1 unspecified atom stereocenters. The molecular formula is C18H15F4N3O2. The summed E-state index contributed by atoms with van der Waals surface area (Å²) in [5.74, 6) is -1.68. The number of anilines is 2. The molecule has 0 spiro atoms. The van der Waals surface area contributed by atoms with Crippen molar-refractivity contribution >= 4 is 17.3 Å². The Morgan fingerprint density at radius 1 is 1.04 bits per heavy atom. The number of halogens is 4. The second-order valence-corrected chi connectivity index (χ2v) is 6.59. The maximum Gasteiger partial charge on any atom is 0.416 e. The molecule has 2 aliphatic rings. The predicted octanol–water partition coefficient (Wildman–Crippen LogP) is 3.04. The minimum absolute atomic E-state index is 0.0666. The Morgan fingerprint density at radius 3 is 2.19 bits per heavy atom. The summed E-state index contributed by atoms with van der Waals surface area (Å²) in [6.07, 6.45) is -4.38. The fourth-order valence-electron chi connectivity index (χ4n) is 3.64. The van der Waals surface area contributed by atoms with Gasteiger partial charge in [-0.15, -0.1) is 0 Å². The summed E-state index contributed by atoms with van der Waals surface area (Å²) in [4.78, 5) is 15.2. The topological polar surface area (TPSA) is 55.8 Å². The van der Waals surface area contributed by atoms with E-state index in [-0.39, 0.29) is 17.6 Å². The highest BCUT2D eigenvalue weighted by Crippen LogP contribution is 2.41. The summed E-state index contributed by atoms with van der Waals surface area (Å²) in [6, 6.07) is 9.45. The largest absolute Gasteiger partial charge is 0.416 e. The number of nitrogens with zero attached hydrogens (tertiary/aromatic N) is 2. The second-order valence-electron chi connectivity index (χ2n) is 6.59. The summed E-state index contributed by atoms with van der Waals surface area (Å²) in [5.41, 5.74) is 1.55. The van der Waals surface area contributed by atoms with Crippen molar-refractivity contribution in [3.05, 3.63) is 59.4 Å². The maximum atomic E-state index is 14.0. The molecule has 2 aromatic carbocycles. The first-order valence-corrected chi connectivity index (χ1v) is 8.24.